The van der Waals surface area contributed by atoms with E-state index < -0.39 is 198 Å². The molecule has 6 fully saturated rings. The molecule has 6 aliphatic rings. The molecule has 27 nitrogen and oxygen atoms in total. The fourth-order valence-electron chi connectivity index (χ4n) is 15.6. The van der Waals surface area contributed by atoms with Crippen molar-refractivity contribution in [2.24, 2.45) is 41.4 Å². The van der Waals surface area contributed by atoms with Gasteiger partial charge in [0, 0.05) is 62.8 Å². The van der Waals surface area contributed by atoms with Gasteiger partial charge in [-0.3, -0.25) is 28.8 Å². The Morgan fingerprint density at radius 3 is 1.21 bits per heavy atom. The topological polar surface area (TPSA) is 361 Å². The molecule has 4 unspecified atom stereocenters. The first kappa shape index (κ1) is 86.5. The maximum Gasteiger partial charge on any atom is 0.311 e. The number of rotatable bonds is 14. The van der Waals surface area contributed by atoms with Gasteiger partial charge >= 0.3 is 11.9 Å². The van der Waals surface area contributed by atoms with Gasteiger partial charge in [0.2, 0.25) is 0 Å². The van der Waals surface area contributed by atoms with Gasteiger partial charge in [-0.25, -0.2) is 0 Å². The monoisotopic (exact) mass is 1420 g/mol. The van der Waals surface area contributed by atoms with E-state index in [-0.39, 0.29) is 74.4 Å². The molecule has 6 rings (SSSR count). The van der Waals surface area contributed by atoms with Gasteiger partial charge in [0.15, 0.2) is 36.5 Å². The summed E-state index contributed by atoms with van der Waals surface area (Å²) in [6.45, 7) is 30.0. The summed E-state index contributed by atoms with van der Waals surface area (Å²) in [6.07, 6.45) is -16.4. The second kappa shape index (κ2) is 35.3. The van der Waals surface area contributed by atoms with Crippen molar-refractivity contribution in [2.45, 2.75) is 340 Å². The number of hydrogen-bond donors (Lipinski definition) is 7. The van der Waals surface area contributed by atoms with E-state index in [1.54, 1.807) is 90.0 Å². The van der Waals surface area contributed by atoms with E-state index in [1.165, 1.54) is 28.1 Å². The maximum absolute atomic E-state index is 14.0. The van der Waals surface area contributed by atoms with Crippen LogP contribution in [0.25, 0.3) is 0 Å². The quantitative estimate of drug-likeness (QED) is 0.0937. The van der Waals surface area contributed by atoms with E-state index >= 15 is 0 Å². The van der Waals surface area contributed by atoms with Gasteiger partial charge < -0.3 is 102 Å². The molecular formula is C72H126N2O25. The Balaban J connectivity index is 0.000000357. The Morgan fingerprint density at radius 2 is 0.859 bits per heavy atom. The first-order valence-corrected chi connectivity index (χ1v) is 35.8. The Kier molecular flexibility index (Phi) is 30.8. The molecule has 32 atom stereocenters. The van der Waals surface area contributed by atoms with Crippen LogP contribution in [0, 0.1) is 41.4 Å². The Bertz CT molecular complexity index is 2660. The average molecular weight is 1420 g/mol. The van der Waals surface area contributed by atoms with E-state index in [2.05, 4.69) is 0 Å². The number of hydrogen-bond acceptors (Lipinski definition) is 27. The molecule has 27 heteroatoms. The van der Waals surface area contributed by atoms with Gasteiger partial charge in [-0.2, -0.15) is 0 Å². The second-order valence-electron chi connectivity index (χ2n) is 31.4. The first-order chi connectivity index (χ1) is 45.7. The van der Waals surface area contributed by atoms with Crippen LogP contribution in [0.15, 0.2) is 0 Å². The van der Waals surface area contributed by atoms with Crippen molar-refractivity contribution in [1.29, 1.82) is 0 Å². The van der Waals surface area contributed by atoms with Crippen LogP contribution < -0.4 is 0 Å². The predicted molar refractivity (Wildman–Crippen MR) is 360 cm³/mol. The smallest absolute Gasteiger partial charge is 0.311 e. The number of ether oxygens (including phenoxy) is 12. The zero-order valence-electron chi connectivity index (χ0n) is 63.5. The standard InChI is InChI=1S/C36H63NO13.C36H63NO12/c1-13-26-36(9,44)25(39)15-24(38)18(2)16-34(7,43)31(50-33-28(40)23(37(10)11)14-19(3)46-33)20(4)29(21(5)32(42)48-26)49-27-17-35(8,45-12)30(41)22(6)47-27;1-13-27-20(4)26(39)15-25(38)18(2)16-35(8,43)32(49-34-29(40)24(37(10)11)14-19(3)45-34)21(5)30(22(6)33(42)47-27)48-28-17-36(9,44-12)31(41)23(7)46-28/h18-23,26-31,33,40-41,43-44H,13-17H2,1-12H3;18-24,27-32,34,40-41,43H,13-17H2,1-12H3/t18-,19-,20+,21-,22+,23+,26-,27?,28-,29+,30+,31-,33?,34-,35-,36+;18-,19-,20-,21+,22-,23+,24+,27-,28?,29-,30+,31+,32-,34?,35-,36-/m11/s1. The molecule has 0 saturated carbocycles. The molecule has 0 spiro atoms. The van der Waals surface area contributed by atoms with Crippen LogP contribution in [0.5, 0.6) is 0 Å². The van der Waals surface area contributed by atoms with Gasteiger partial charge in [0.05, 0.1) is 102 Å². The lowest BCUT2D eigenvalue weighted by Gasteiger charge is -2.48. The number of aliphatic hydroxyl groups is 7. The highest BCUT2D eigenvalue weighted by Crippen LogP contribution is 2.43. The van der Waals surface area contributed by atoms with Crippen molar-refractivity contribution >= 4 is 35.1 Å². The molecule has 0 aromatic carbocycles. The number of likely N-dealkylation sites (N-methyl/N-ethyl adjacent to an activating group) is 2. The van der Waals surface area contributed by atoms with Crippen LogP contribution in [0.1, 0.15) is 189 Å². The van der Waals surface area contributed by atoms with Crippen molar-refractivity contribution in [2.75, 3.05) is 42.4 Å². The highest BCUT2D eigenvalue weighted by molar-refractivity contribution is 6.04. The summed E-state index contributed by atoms with van der Waals surface area (Å²) < 4.78 is 73.9. The number of cyclic esters (lactones) is 2. The Labute approximate surface area is 587 Å². The van der Waals surface area contributed by atoms with Crippen LogP contribution in [0.4, 0.5) is 0 Å². The molecule has 0 amide bonds. The number of esters is 2. The minimum absolute atomic E-state index is 0.0777. The van der Waals surface area contributed by atoms with Crippen LogP contribution in [0.3, 0.4) is 0 Å². The summed E-state index contributed by atoms with van der Waals surface area (Å²) >= 11 is 0. The average Bonchev–Trinajstić information content (AvgIpc) is 0.784. The number of nitrogens with zero attached hydrogens (tertiary/aromatic N) is 2. The van der Waals surface area contributed by atoms with E-state index in [0.29, 0.717) is 19.3 Å². The summed E-state index contributed by atoms with van der Waals surface area (Å²) in [5.74, 6) is -9.45. The van der Waals surface area contributed by atoms with Gasteiger partial charge in [0.1, 0.15) is 54.0 Å². The number of carbonyl (C=O) groups excluding carboxylic acids is 6. The third-order valence-electron chi connectivity index (χ3n) is 22.4. The molecule has 0 aromatic rings. The fourth-order valence-corrected chi connectivity index (χ4v) is 15.6. The minimum atomic E-state index is -2.16. The van der Waals surface area contributed by atoms with Crippen molar-refractivity contribution in [3.8, 4) is 0 Å². The summed E-state index contributed by atoms with van der Waals surface area (Å²) in [7, 11) is 10.4. The van der Waals surface area contributed by atoms with Gasteiger partial charge in [-0.15, -0.1) is 0 Å². The largest absolute Gasteiger partial charge is 0.461 e. The zero-order chi connectivity index (χ0) is 75.3. The number of ketones is 4. The fraction of sp³-hybridized carbons (Fsp3) is 0.917. The summed E-state index contributed by atoms with van der Waals surface area (Å²) in [6, 6.07) is -0.632. The molecule has 0 bridgehead atoms. The molecule has 0 radical (unpaired) electrons. The Hall–Kier alpha value is -3.14. The van der Waals surface area contributed by atoms with Crippen LogP contribution in [-0.4, -0.2) is 274 Å². The van der Waals surface area contributed by atoms with Crippen LogP contribution in [0.2, 0.25) is 0 Å². The predicted octanol–water partition coefficient (Wildman–Crippen LogP) is 4.38. The Morgan fingerprint density at radius 1 is 0.485 bits per heavy atom. The van der Waals surface area contributed by atoms with Crippen LogP contribution in [-0.2, 0) is 85.6 Å². The zero-order valence-corrected chi connectivity index (χ0v) is 63.5. The summed E-state index contributed by atoms with van der Waals surface area (Å²) in [4.78, 5) is 85.0. The van der Waals surface area contributed by atoms with Gasteiger partial charge in [0.25, 0.3) is 0 Å². The second-order valence-corrected chi connectivity index (χ2v) is 31.4. The third-order valence-corrected chi connectivity index (χ3v) is 22.4. The van der Waals surface area contributed by atoms with Crippen molar-refractivity contribution < 1.29 is 121 Å². The number of Topliss-reactive ketones (excluding diaryl/α,β-unsaturated/α-hetero) is 4. The lowest BCUT2D eigenvalue weighted by molar-refractivity contribution is -0.318. The van der Waals surface area contributed by atoms with Gasteiger partial charge in [-0.05, 0) is 143 Å². The number of aliphatic hydroxyl groups excluding tert-OH is 4. The van der Waals surface area contributed by atoms with Crippen molar-refractivity contribution in [3.63, 3.8) is 0 Å². The molecule has 6 aliphatic heterocycles. The minimum Gasteiger partial charge on any atom is -0.461 e. The van der Waals surface area contributed by atoms with E-state index in [1.807, 2.05) is 58.8 Å². The molecule has 574 valence electrons. The lowest BCUT2D eigenvalue weighted by atomic mass is 9.76. The molecule has 0 aliphatic carbocycles. The molecule has 99 heavy (non-hydrogen) atoms. The van der Waals surface area contributed by atoms with E-state index in [4.69, 9.17) is 56.8 Å². The van der Waals surface area contributed by atoms with E-state index in [9.17, 15) is 64.5 Å². The highest BCUT2D eigenvalue weighted by Gasteiger charge is 2.56. The SMILES string of the molecule is CC[C@H]1OC(=O)[C@H](C)[C@@H](OC2C[C@@](C)(OC)[C@@H](O)[C@H](C)O2)[C@H](C)[C@@H](OC2O[C@H](C)C[C@H](N(C)C)[C@H]2O)[C@](C)(O)C[C@@H](C)C(=O)CC(=O)[C@H]1C.CC[C@H]1OC(=O)[C@H](C)[C@@H](OC2C[C@@](C)(OC)[C@@H](O)[C@H](C)O2)[C@H](C)[C@@H](OC2O[C@H](C)C[C@H](N(C)C)[C@H]2O)[C@](C)(O)C[C@@H](C)C(=O)CC(=O)[C@]1(C)O. The van der Waals surface area contributed by atoms with Crippen LogP contribution >= 0.6 is 0 Å². The molecule has 7 N–H and O–H groups in total. The summed E-state index contributed by atoms with van der Waals surface area (Å²) in [5, 5.41) is 80.4. The number of carbonyl (C=O) groups is 6. The molecule has 0 aromatic heterocycles. The van der Waals surface area contributed by atoms with Gasteiger partial charge in [-0.1, -0.05) is 48.5 Å². The molecular weight excluding hydrogens is 1290 g/mol. The van der Waals surface area contributed by atoms with Crippen molar-refractivity contribution in [1.82, 2.24) is 9.80 Å². The third kappa shape index (κ3) is 20.7. The maximum atomic E-state index is 14.0. The normalized spacial score (nSPS) is 47.1. The first-order valence-electron chi connectivity index (χ1n) is 35.8. The lowest BCUT2D eigenvalue weighted by Crippen LogP contribution is -2.60. The number of methoxy groups -OCH3 is 2. The summed E-state index contributed by atoms with van der Waals surface area (Å²) in [5.41, 5.74) is -7.78. The van der Waals surface area contributed by atoms with E-state index in [0.717, 1.165) is 0 Å². The molecule has 6 heterocycles. The molecule has 6 saturated heterocycles. The van der Waals surface area contributed by atoms with Crippen molar-refractivity contribution in [3.05, 3.63) is 0 Å². The highest BCUT2D eigenvalue weighted by atomic mass is 16.7.